The Balaban J connectivity index is 1.99. The smallest absolute Gasteiger partial charge is 0.283 e. The van der Waals surface area contributed by atoms with Crippen molar-refractivity contribution in [2.24, 2.45) is 0 Å². The van der Waals surface area contributed by atoms with Crippen molar-refractivity contribution in [1.29, 1.82) is 0 Å². The lowest BCUT2D eigenvalue weighted by Gasteiger charge is -2.18. The summed E-state index contributed by atoms with van der Waals surface area (Å²) >= 11 is 12.1. The van der Waals surface area contributed by atoms with E-state index in [0.717, 1.165) is 4.90 Å². The van der Waals surface area contributed by atoms with Gasteiger partial charge >= 0.3 is 0 Å². The fraction of sp³-hybridized carbons (Fsp3) is 0.111. The number of nitrogens with zero attached hydrogens (tertiary/aromatic N) is 1. The van der Waals surface area contributed by atoms with Crippen LogP contribution in [-0.2, 0) is 9.59 Å². The van der Waals surface area contributed by atoms with Crippen LogP contribution in [0.2, 0.25) is 5.02 Å². The lowest BCUT2D eigenvalue weighted by atomic mass is 10.2. The number of benzene rings is 2. The molecule has 8 heteroatoms. The van der Waals surface area contributed by atoms with E-state index in [1.54, 1.807) is 36.4 Å². The number of carbonyl (C=O) groups is 2. The predicted molar refractivity (Wildman–Crippen MR) is 100.0 cm³/mol. The van der Waals surface area contributed by atoms with Gasteiger partial charge in [0.1, 0.15) is 22.2 Å². The summed E-state index contributed by atoms with van der Waals surface area (Å²) in [6, 6.07) is 11.6. The van der Waals surface area contributed by atoms with Gasteiger partial charge in [0.2, 0.25) is 0 Å². The molecule has 0 fully saturated rings. The molecule has 0 aliphatic carbocycles. The Morgan fingerprint density at radius 3 is 2.31 bits per heavy atom. The van der Waals surface area contributed by atoms with Crippen molar-refractivity contribution in [2.75, 3.05) is 24.4 Å². The van der Waals surface area contributed by atoms with Crippen molar-refractivity contribution in [2.45, 2.75) is 0 Å². The quantitative estimate of drug-likeness (QED) is 0.783. The van der Waals surface area contributed by atoms with E-state index >= 15 is 0 Å². The number of hydrogen-bond donors (Lipinski definition) is 1. The van der Waals surface area contributed by atoms with Crippen LogP contribution in [0.4, 0.5) is 11.4 Å². The molecule has 3 rings (SSSR count). The van der Waals surface area contributed by atoms with Crippen LogP contribution in [-0.4, -0.2) is 26.0 Å². The fourth-order valence-electron chi connectivity index (χ4n) is 2.55. The Hall–Kier alpha value is -2.70. The second-order valence-electron chi connectivity index (χ2n) is 5.28. The number of halogens is 2. The summed E-state index contributed by atoms with van der Waals surface area (Å²) in [6.07, 6.45) is 0. The molecule has 0 atom stereocenters. The van der Waals surface area contributed by atoms with Crippen LogP contribution < -0.4 is 19.7 Å². The first-order valence-corrected chi connectivity index (χ1v) is 8.25. The first kappa shape index (κ1) is 18.1. The second kappa shape index (κ2) is 7.27. The Morgan fingerprint density at radius 2 is 1.62 bits per heavy atom. The monoisotopic (exact) mass is 392 g/mol. The first-order valence-electron chi connectivity index (χ1n) is 7.50. The van der Waals surface area contributed by atoms with Crippen LogP contribution in [0.15, 0.2) is 53.2 Å². The maximum absolute atomic E-state index is 12.9. The summed E-state index contributed by atoms with van der Waals surface area (Å²) < 4.78 is 10.5. The molecule has 0 unspecified atom stereocenters. The molecule has 2 aromatic rings. The molecule has 0 saturated carbocycles. The molecule has 2 amide bonds. The molecule has 2 aromatic carbocycles. The maximum Gasteiger partial charge on any atom is 0.283 e. The molecule has 1 N–H and O–H groups in total. The van der Waals surface area contributed by atoms with Crippen LogP contribution in [0.5, 0.6) is 11.5 Å². The van der Waals surface area contributed by atoms with E-state index in [1.165, 1.54) is 20.3 Å². The lowest BCUT2D eigenvalue weighted by Crippen LogP contribution is -2.32. The average molecular weight is 393 g/mol. The number of anilines is 2. The summed E-state index contributed by atoms with van der Waals surface area (Å²) in [4.78, 5) is 26.4. The van der Waals surface area contributed by atoms with Gasteiger partial charge in [-0.15, -0.1) is 0 Å². The Bertz CT molecular complexity index is 927. The number of methoxy groups -OCH3 is 2. The van der Waals surface area contributed by atoms with E-state index in [1.807, 2.05) is 0 Å². The summed E-state index contributed by atoms with van der Waals surface area (Å²) in [5.41, 5.74) is 0.664. The molecule has 0 radical (unpaired) electrons. The molecule has 0 spiro atoms. The highest BCUT2D eigenvalue weighted by Gasteiger charge is 2.40. The average Bonchev–Trinajstić information content (AvgIpc) is 2.85. The number of imide groups is 1. The standard InChI is InChI=1S/C18H14Cl2N2O4/c1-25-13-6-4-3-5-11(13)21-16-15(20)17(23)22(18(16)24)12-9-10(19)7-8-14(12)26-2/h3-9,21H,1-2H3. The van der Waals surface area contributed by atoms with Crippen LogP contribution in [0.1, 0.15) is 0 Å². The van der Waals surface area contributed by atoms with Crippen molar-refractivity contribution in [3.8, 4) is 11.5 Å². The van der Waals surface area contributed by atoms with Crippen LogP contribution in [0, 0.1) is 0 Å². The highest BCUT2D eigenvalue weighted by atomic mass is 35.5. The minimum Gasteiger partial charge on any atom is -0.495 e. The van der Waals surface area contributed by atoms with Gasteiger partial charge in [-0.2, -0.15) is 0 Å². The van der Waals surface area contributed by atoms with Gasteiger partial charge in [0, 0.05) is 5.02 Å². The topological polar surface area (TPSA) is 67.9 Å². The van der Waals surface area contributed by atoms with E-state index in [0.29, 0.717) is 22.2 Å². The fourth-order valence-corrected chi connectivity index (χ4v) is 2.93. The number of nitrogens with one attached hydrogen (secondary N) is 1. The Kier molecular flexibility index (Phi) is 5.06. The van der Waals surface area contributed by atoms with E-state index in [9.17, 15) is 9.59 Å². The van der Waals surface area contributed by atoms with Crippen LogP contribution in [0.3, 0.4) is 0 Å². The van der Waals surface area contributed by atoms with Gasteiger partial charge in [0.25, 0.3) is 11.8 Å². The molecule has 1 heterocycles. The van der Waals surface area contributed by atoms with Crippen LogP contribution in [0.25, 0.3) is 0 Å². The van der Waals surface area contributed by atoms with Crippen molar-refractivity contribution in [3.05, 3.63) is 58.2 Å². The third-order valence-electron chi connectivity index (χ3n) is 3.78. The van der Waals surface area contributed by atoms with Crippen molar-refractivity contribution in [3.63, 3.8) is 0 Å². The first-order chi connectivity index (χ1) is 12.5. The minimum atomic E-state index is -0.672. The lowest BCUT2D eigenvalue weighted by molar-refractivity contribution is -0.120. The van der Waals surface area contributed by atoms with E-state index in [2.05, 4.69) is 5.32 Å². The van der Waals surface area contributed by atoms with Crippen LogP contribution >= 0.6 is 23.2 Å². The van der Waals surface area contributed by atoms with Gasteiger partial charge in [-0.05, 0) is 30.3 Å². The summed E-state index contributed by atoms with van der Waals surface area (Å²) in [6.45, 7) is 0. The van der Waals surface area contributed by atoms with Gasteiger partial charge in [0.05, 0.1) is 25.6 Å². The number of carbonyl (C=O) groups excluding carboxylic acids is 2. The molecular weight excluding hydrogens is 379 g/mol. The molecular formula is C18H14Cl2N2O4. The number of hydrogen-bond acceptors (Lipinski definition) is 5. The zero-order valence-corrected chi connectivity index (χ0v) is 15.4. The Labute approximate surface area is 159 Å². The molecule has 0 aromatic heterocycles. The SMILES string of the molecule is COc1ccccc1NC1=C(Cl)C(=O)N(c2cc(Cl)ccc2OC)C1=O. The molecule has 26 heavy (non-hydrogen) atoms. The minimum absolute atomic E-state index is 0.0526. The maximum atomic E-state index is 12.9. The van der Waals surface area contributed by atoms with Crippen molar-refractivity contribution >= 4 is 46.4 Å². The van der Waals surface area contributed by atoms with Crippen molar-refractivity contribution in [1.82, 2.24) is 0 Å². The summed E-state index contributed by atoms with van der Waals surface area (Å²) in [7, 11) is 2.93. The zero-order chi connectivity index (χ0) is 18.8. The third kappa shape index (κ3) is 3.09. The van der Waals surface area contributed by atoms with E-state index in [4.69, 9.17) is 32.7 Å². The molecule has 1 aliphatic heterocycles. The van der Waals surface area contributed by atoms with Gasteiger partial charge in [0.15, 0.2) is 0 Å². The van der Waals surface area contributed by atoms with E-state index in [-0.39, 0.29) is 16.4 Å². The zero-order valence-electron chi connectivity index (χ0n) is 13.9. The summed E-state index contributed by atoms with van der Waals surface area (Å²) in [5.74, 6) is -0.469. The highest BCUT2D eigenvalue weighted by molar-refractivity contribution is 6.53. The molecule has 1 aliphatic rings. The molecule has 134 valence electrons. The number of rotatable bonds is 5. The van der Waals surface area contributed by atoms with Crippen molar-refractivity contribution < 1.29 is 19.1 Å². The predicted octanol–water partition coefficient (Wildman–Crippen LogP) is 3.79. The van der Waals surface area contributed by atoms with E-state index < -0.39 is 11.8 Å². The van der Waals surface area contributed by atoms with Gasteiger partial charge in [-0.25, -0.2) is 4.90 Å². The molecule has 0 bridgehead atoms. The normalized spacial score (nSPS) is 14.1. The van der Waals surface area contributed by atoms with Gasteiger partial charge < -0.3 is 14.8 Å². The number of para-hydroxylation sites is 2. The largest absolute Gasteiger partial charge is 0.495 e. The van der Waals surface area contributed by atoms with Gasteiger partial charge in [-0.3, -0.25) is 9.59 Å². The number of ether oxygens (including phenoxy) is 2. The third-order valence-corrected chi connectivity index (χ3v) is 4.36. The highest BCUT2D eigenvalue weighted by Crippen LogP contribution is 2.38. The molecule has 6 nitrogen and oxygen atoms in total. The molecule has 0 saturated heterocycles. The Morgan fingerprint density at radius 1 is 0.923 bits per heavy atom. The number of amides is 2. The van der Waals surface area contributed by atoms with Gasteiger partial charge in [-0.1, -0.05) is 35.3 Å². The second-order valence-corrected chi connectivity index (χ2v) is 6.09. The summed E-state index contributed by atoms with van der Waals surface area (Å²) in [5, 5.41) is 3.00.